The van der Waals surface area contributed by atoms with Crippen LogP contribution in [0.1, 0.15) is 12.0 Å². The first-order valence-electron chi connectivity index (χ1n) is 7.73. The summed E-state index contributed by atoms with van der Waals surface area (Å²) in [4.78, 5) is 0. The third-order valence-electron chi connectivity index (χ3n) is 3.26. The summed E-state index contributed by atoms with van der Waals surface area (Å²) in [7, 11) is -3.71. The molecule has 0 N–H and O–H groups in total. The average Bonchev–Trinajstić information content (AvgIpc) is 2.37. The fourth-order valence-corrected chi connectivity index (χ4v) is 4.98. The highest BCUT2D eigenvalue weighted by Gasteiger charge is 2.43. The largest absolute Gasteiger partial charge is 0.543 e. The molecule has 1 aliphatic rings. The second-order valence-electron chi connectivity index (χ2n) is 7.74. The molecule has 7 heteroatoms. The van der Waals surface area contributed by atoms with Crippen molar-refractivity contribution in [2.45, 2.75) is 51.3 Å². The zero-order valence-corrected chi connectivity index (χ0v) is 17.4. The molecule has 1 aromatic carbocycles. The number of hydrogen-bond donors (Lipinski definition) is 0. The molecule has 0 radical (unpaired) electrons. The van der Waals surface area contributed by atoms with Crippen LogP contribution in [0.3, 0.4) is 0 Å². The van der Waals surface area contributed by atoms with Gasteiger partial charge in [-0.25, -0.2) is 0 Å². The summed E-state index contributed by atoms with van der Waals surface area (Å²) in [5.41, 5.74) is -0.277. The van der Waals surface area contributed by atoms with Gasteiger partial charge >= 0.3 is 0 Å². The van der Waals surface area contributed by atoms with Crippen molar-refractivity contribution in [1.82, 2.24) is 0 Å². The molecule has 0 saturated heterocycles. The Morgan fingerprint density at radius 1 is 1.17 bits per heavy atom. The molecule has 0 fully saturated rings. The van der Waals surface area contributed by atoms with Crippen molar-refractivity contribution in [2.75, 3.05) is 6.61 Å². The molecule has 23 heavy (non-hydrogen) atoms. The minimum absolute atomic E-state index is 0.444. The maximum absolute atomic E-state index is 9.82. The van der Waals surface area contributed by atoms with Crippen LogP contribution in [0.15, 0.2) is 12.1 Å². The lowest BCUT2D eigenvalue weighted by atomic mass is 9.89. The van der Waals surface area contributed by atoms with E-state index in [-0.39, 0.29) is 0 Å². The third-order valence-corrected chi connectivity index (χ3v) is 5.35. The summed E-state index contributed by atoms with van der Waals surface area (Å²) in [6, 6.07) is 5.94. The Balaban J connectivity index is 2.51. The highest BCUT2D eigenvalue weighted by Crippen LogP contribution is 2.45. The maximum Gasteiger partial charge on any atom is 0.242 e. The summed E-state index contributed by atoms with van der Waals surface area (Å²) in [5.74, 6) is 1.25. The van der Waals surface area contributed by atoms with Crippen LogP contribution in [-0.2, 0) is 10.0 Å². The first kappa shape index (κ1) is 18.3. The van der Waals surface area contributed by atoms with Crippen molar-refractivity contribution < 1.29 is 13.6 Å². The number of ether oxygens (including phenoxy) is 1. The van der Waals surface area contributed by atoms with E-state index in [0.29, 0.717) is 35.1 Å². The van der Waals surface area contributed by atoms with E-state index < -0.39 is 22.2 Å². The minimum Gasteiger partial charge on any atom is -0.543 e. The number of nitriles is 1. The fourth-order valence-electron chi connectivity index (χ4n) is 2.58. The molecule has 0 aromatic heterocycles. The fraction of sp³-hybridized carbons (Fsp3) is 0.562. The maximum atomic E-state index is 9.82. The molecule has 0 bridgehead atoms. The van der Waals surface area contributed by atoms with Gasteiger partial charge in [0.25, 0.3) is 0 Å². The van der Waals surface area contributed by atoms with Crippen LogP contribution in [0.2, 0.25) is 44.3 Å². The van der Waals surface area contributed by atoms with Gasteiger partial charge in [0.05, 0.1) is 11.6 Å². The van der Waals surface area contributed by atoms with Gasteiger partial charge in [-0.2, -0.15) is 5.26 Å². The topological polar surface area (TPSA) is 51.5 Å². The lowest BCUT2D eigenvalue weighted by Crippen LogP contribution is -2.43. The number of rotatable bonds is 4. The van der Waals surface area contributed by atoms with Crippen molar-refractivity contribution in [2.24, 2.45) is 0 Å². The lowest BCUT2D eigenvalue weighted by Gasteiger charge is -2.38. The van der Waals surface area contributed by atoms with Crippen LogP contribution < -0.4 is 9.16 Å². The molecule has 2 rings (SSSR count). The number of benzene rings is 1. The smallest absolute Gasteiger partial charge is 0.242 e. The van der Waals surface area contributed by atoms with Crippen molar-refractivity contribution in [3.8, 4) is 17.6 Å². The van der Waals surface area contributed by atoms with Gasteiger partial charge in [-0.15, -0.1) is 0 Å². The molecule has 1 unspecified atom stereocenters. The Kier molecular flexibility index (Phi) is 4.89. The van der Waals surface area contributed by atoms with E-state index in [1.165, 1.54) is 0 Å². The number of fused-ring (bicyclic) bond motifs is 1. The van der Waals surface area contributed by atoms with Crippen molar-refractivity contribution in [1.29, 1.82) is 5.26 Å². The zero-order valence-electron chi connectivity index (χ0n) is 14.6. The van der Waals surface area contributed by atoms with Gasteiger partial charge in [0.15, 0.2) is 13.9 Å². The molecule has 0 aliphatic carbocycles. The van der Waals surface area contributed by atoms with Gasteiger partial charge in [-0.05, 0) is 45.3 Å². The van der Waals surface area contributed by atoms with Gasteiger partial charge in [-0.3, -0.25) is 0 Å². The molecule has 0 saturated carbocycles. The van der Waals surface area contributed by atoms with Crippen LogP contribution >= 0.6 is 11.6 Å². The van der Waals surface area contributed by atoms with Crippen molar-refractivity contribution in [3.05, 3.63) is 22.7 Å². The SMILES string of the molecule is C[Si](C)(C)Oc1cc2c(cc1Cl)C(C#N)(O[Si](C)(C)C)CCO2. The van der Waals surface area contributed by atoms with E-state index >= 15 is 0 Å². The normalized spacial score (nSPS) is 21.1. The molecule has 1 heterocycles. The van der Waals surface area contributed by atoms with Gasteiger partial charge in [0, 0.05) is 18.1 Å². The quantitative estimate of drug-likeness (QED) is 0.707. The molecule has 1 aromatic rings. The predicted molar refractivity (Wildman–Crippen MR) is 97.3 cm³/mol. The number of nitrogens with zero attached hydrogens (tertiary/aromatic N) is 1. The number of hydrogen-bond acceptors (Lipinski definition) is 4. The third kappa shape index (κ3) is 4.29. The predicted octanol–water partition coefficient (Wildman–Crippen LogP) is 4.91. The summed E-state index contributed by atoms with van der Waals surface area (Å²) >= 11 is 6.41. The highest BCUT2D eigenvalue weighted by atomic mass is 35.5. The number of halogens is 1. The van der Waals surface area contributed by atoms with Crippen LogP contribution in [0.4, 0.5) is 0 Å². The van der Waals surface area contributed by atoms with E-state index in [1.807, 2.05) is 0 Å². The summed E-state index contributed by atoms with van der Waals surface area (Å²) in [6.07, 6.45) is 0.505. The highest BCUT2D eigenvalue weighted by molar-refractivity contribution is 6.70. The molecule has 0 spiro atoms. The van der Waals surface area contributed by atoms with Gasteiger partial charge < -0.3 is 13.6 Å². The zero-order chi connectivity index (χ0) is 17.5. The van der Waals surface area contributed by atoms with E-state index in [1.54, 1.807) is 12.1 Å². The van der Waals surface area contributed by atoms with Crippen LogP contribution in [-0.4, -0.2) is 23.2 Å². The Labute approximate surface area is 145 Å². The van der Waals surface area contributed by atoms with Crippen LogP contribution in [0, 0.1) is 11.3 Å². The Hall–Kier alpha value is -1.01. The van der Waals surface area contributed by atoms with Gasteiger partial charge in [0.2, 0.25) is 8.32 Å². The molecular weight excluding hydrogens is 346 g/mol. The van der Waals surface area contributed by atoms with Gasteiger partial charge in [0.1, 0.15) is 17.6 Å². The summed E-state index contributed by atoms with van der Waals surface area (Å²) in [6.45, 7) is 13.0. The van der Waals surface area contributed by atoms with E-state index in [9.17, 15) is 5.26 Å². The van der Waals surface area contributed by atoms with E-state index in [0.717, 1.165) is 0 Å². The molecular formula is C16H24ClNO3Si2. The summed E-state index contributed by atoms with van der Waals surface area (Å²) in [5, 5.41) is 10.3. The first-order valence-corrected chi connectivity index (χ1v) is 14.9. The Morgan fingerprint density at radius 2 is 1.83 bits per heavy atom. The minimum atomic E-state index is -1.92. The molecule has 1 atom stereocenters. The molecule has 4 nitrogen and oxygen atoms in total. The standard InChI is InChI=1S/C16H24ClNO3Si2/c1-22(2,3)20-15-10-14-12(9-13(15)17)16(11-18,7-8-19-14)21-23(4,5)6/h9-10H,7-8H2,1-6H3. The second-order valence-corrected chi connectivity index (χ2v) is 17.0. The second kappa shape index (κ2) is 6.13. The Bertz CT molecular complexity index is 646. The van der Waals surface area contributed by atoms with Crippen LogP contribution in [0.5, 0.6) is 11.5 Å². The van der Waals surface area contributed by atoms with E-state index in [2.05, 4.69) is 45.4 Å². The van der Waals surface area contributed by atoms with Crippen molar-refractivity contribution >= 4 is 28.2 Å². The van der Waals surface area contributed by atoms with Gasteiger partial charge in [-0.1, -0.05) is 11.6 Å². The molecule has 1 aliphatic heterocycles. The van der Waals surface area contributed by atoms with E-state index in [4.69, 9.17) is 25.2 Å². The Morgan fingerprint density at radius 3 is 2.35 bits per heavy atom. The van der Waals surface area contributed by atoms with Crippen molar-refractivity contribution in [3.63, 3.8) is 0 Å². The molecule has 0 amide bonds. The van der Waals surface area contributed by atoms with Crippen LogP contribution in [0.25, 0.3) is 0 Å². The monoisotopic (exact) mass is 369 g/mol. The lowest BCUT2D eigenvalue weighted by molar-refractivity contribution is 0.0663. The first-order chi connectivity index (χ1) is 10.5. The summed E-state index contributed by atoms with van der Waals surface area (Å²) < 4.78 is 18.0. The average molecular weight is 370 g/mol. The molecule has 126 valence electrons.